The molecule has 2 aliphatic rings. The number of amides is 1. The van der Waals surface area contributed by atoms with Crippen molar-refractivity contribution in [3.8, 4) is 0 Å². The van der Waals surface area contributed by atoms with Gasteiger partial charge in [0.1, 0.15) is 5.52 Å². The van der Waals surface area contributed by atoms with Gasteiger partial charge >= 0.3 is 0 Å². The number of para-hydroxylation sites is 4. The first-order valence-corrected chi connectivity index (χ1v) is 12.1. The summed E-state index contributed by atoms with van der Waals surface area (Å²) in [5, 5.41) is 3.23. The number of nitrogens with zero attached hydrogens (tertiary/aromatic N) is 3. The van der Waals surface area contributed by atoms with Gasteiger partial charge in [0.15, 0.2) is 5.58 Å². The highest BCUT2D eigenvalue weighted by molar-refractivity contribution is 5.93. The van der Waals surface area contributed by atoms with E-state index < -0.39 is 0 Å². The van der Waals surface area contributed by atoms with Gasteiger partial charge in [-0.15, -0.1) is 0 Å². The fourth-order valence-electron chi connectivity index (χ4n) is 5.12. The van der Waals surface area contributed by atoms with E-state index in [2.05, 4.69) is 50.4 Å². The number of oxazole rings is 1. The Balaban J connectivity index is 1.10. The number of benzene rings is 3. The number of anilines is 3. The Labute approximate surface area is 199 Å². The molecule has 1 amide bonds. The molecule has 1 fully saturated rings. The fourth-order valence-corrected chi connectivity index (χ4v) is 5.12. The van der Waals surface area contributed by atoms with E-state index in [4.69, 9.17) is 4.42 Å². The molecule has 0 spiro atoms. The van der Waals surface area contributed by atoms with Gasteiger partial charge in [0.2, 0.25) is 5.91 Å². The van der Waals surface area contributed by atoms with Crippen LogP contribution >= 0.6 is 0 Å². The molecule has 6 heteroatoms. The molecule has 1 N–H and O–H groups in total. The molecule has 172 valence electrons. The average Bonchev–Trinajstić information content (AvgIpc) is 3.50. The molecule has 4 aromatic rings. The summed E-state index contributed by atoms with van der Waals surface area (Å²) < 4.78 is 5.91. The molecule has 0 aliphatic carbocycles. The molecule has 1 saturated heterocycles. The summed E-state index contributed by atoms with van der Waals surface area (Å²) in [7, 11) is 0. The average molecular weight is 453 g/mol. The quantitative estimate of drug-likeness (QED) is 0.448. The highest BCUT2D eigenvalue weighted by Crippen LogP contribution is 2.31. The van der Waals surface area contributed by atoms with Crippen LogP contribution in [0.5, 0.6) is 0 Å². The molecular weight excluding hydrogens is 424 g/mol. The van der Waals surface area contributed by atoms with Crippen LogP contribution in [0.4, 0.5) is 17.4 Å². The Morgan fingerprint density at radius 1 is 0.941 bits per heavy atom. The summed E-state index contributed by atoms with van der Waals surface area (Å²) in [6.07, 6.45) is 2.64. The summed E-state index contributed by atoms with van der Waals surface area (Å²) in [6, 6.07) is 25.2. The smallest absolute Gasteiger partial charge is 0.298 e. The van der Waals surface area contributed by atoms with Gasteiger partial charge in [0, 0.05) is 43.5 Å². The van der Waals surface area contributed by atoms with Crippen molar-refractivity contribution in [1.29, 1.82) is 0 Å². The Morgan fingerprint density at radius 2 is 1.71 bits per heavy atom. The van der Waals surface area contributed by atoms with E-state index in [-0.39, 0.29) is 11.8 Å². The van der Waals surface area contributed by atoms with E-state index in [0.717, 1.165) is 67.8 Å². The summed E-state index contributed by atoms with van der Waals surface area (Å²) >= 11 is 0. The Hall–Kier alpha value is -3.80. The van der Waals surface area contributed by atoms with Gasteiger partial charge in [-0.3, -0.25) is 4.79 Å². The zero-order valence-electron chi connectivity index (χ0n) is 19.1. The van der Waals surface area contributed by atoms with Gasteiger partial charge in [-0.25, -0.2) is 0 Å². The van der Waals surface area contributed by atoms with Crippen LogP contribution in [-0.4, -0.2) is 30.5 Å². The number of rotatable bonds is 5. The lowest BCUT2D eigenvalue weighted by molar-refractivity contribution is -0.120. The molecule has 0 radical (unpaired) electrons. The van der Waals surface area contributed by atoms with Crippen molar-refractivity contribution in [3.05, 3.63) is 83.9 Å². The third kappa shape index (κ3) is 4.00. The third-order valence-electron chi connectivity index (χ3n) is 7.04. The van der Waals surface area contributed by atoms with Gasteiger partial charge in [-0.2, -0.15) is 4.98 Å². The van der Waals surface area contributed by atoms with Crippen LogP contribution in [0.3, 0.4) is 0 Å². The molecule has 0 atom stereocenters. The van der Waals surface area contributed by atoms with Crippen LogP contribution < -0.4 is 15.1 Å². The SMILES string of the molecule is O=C(Nc1ccccc1CN1CCc2ccccc21)C1CCN(c2nc3ccccc3o2)CC1. The lowest BCUT2D eigenvalue weighted by Crippen LogP contribution is -2.38. The van der Waals surface area contributed by atoms with Crippen LogP contribution in [0, 0.1) is 5.92 Å². The standard InChI is InChI=1S/C28H28N4O2/c33-27(21-14-16-31(17-15-21)28-30-24-10-4-6-12-26(24)34-28)29-23-9-3-1-8-22(23)19-32-18-13-20-7-2-5-11-25(20)32/h1-12,21H,13-19H2,(H,29,33). The van der Waals surface area contributed by atoms with Crippen LogP contribution in [0.1, 0.15) is 24.0 Å². The molecule has 3 aromatic carbocycles. The predicted octanol–water partition coefficient (Wildman–Crippen LogP) is 5.25. The van der Waals surface area contributed by atoms with Crippen molar-refractivity contribution in [1.82, 2.24) is 4.98 Å². The molecule has 0 bridgehead atoms. The largest absolute Gasteiger partial charge is 0.423 e. The number of piperidine rings is 1. The summed E-state index contributed by atoms with van der Waals surface area (Å²) in [5.74, 6) is 0.0904. The molecular formula is C28H28N4O2. The molecule has 3 heterocycles. The molecule has 0 unspecified atom stereocenters. The highest BCUT2D eigenvalue weighted by atomic mass is 16.4. The number of carbonyl (C=O) groups excluding carboxylic acids is 1. The second kappa shape index (κ2) is 8.86. The van der Waals surface area contributed by atoms with Crippen molar-refractivity contribution >= 4 is 34.4 Å². The molecule has 6 rings (SSSR count). The van der Waals surface area contributed by atoms with E-state index in [9.17, 15) is 4.79 Å². The first-order valence-electron chi connectivity index (χ1n) is 12.1. The van der Waals surface area contributed by atoms with Gasteiger partial charge in [0.05, 0.1) is 0 Å². The van der Waals surface area contributed by atoms with Crippen molar-refractivity contribution in [2.24, 2.45) is 5.92 Å². The second-order valence-corrected chi connectivity index (χ2v) is 9.17. The maximum absolute atomic E-state index is 13.2. The number of carbonyl (C=O) groups is 1. The van der Waals surface area contributed by atoms with E-state index in [1.54, 1.807) is 0 Å². The van der Waals surface area contributed by atoms with Gasteiger partial charge in [0.25, 0.3) is 6.01 Å². The Bertz CT molecular complexity index is 1290. The zero-order valence-corrected chi connectivity index (χ0v) is 19.1. The summed E-state index contributed by atoms with van der Waals surface area (Å²) in [5.41, 5.74) is 6.43. The number of aromatic nitrogens is 1. The number of hydrogen-bond acceptors (Lipinski definition) is 5. The Kier molecular flexibility index (Phi) is 5.41. The third-order valence-corrected chi connectivity index (χ3v) is 7.04. The van der Waals surface area contributed by atoms with Crippen LogP contribution in [0.25, 0.3) is 11.1 Å². The predicted molar refractivity (Wildman–Crippen MR) is 135 cm³/mol. The maximum Gasteiger partial charge on any atom is 0.298 e. The molecule has 34 heavy (non-hydrogen) atoms. The van der Waals surface area contributed by atoms with E-state index >= 15 is 0 Å². The second-order valence-electron chi connectivity index (χ2n) is 9.17. The van der Waals surface area contributed by atoms with Gasteiger partial charge < -0.3 is 19.5 Å². The minimum atomic E-state index is -0.0128. The summed E-state index contributed by atoms with van der Waals surface area (Å²) in [6.45, 7) is 3.33. The first kappa shape index (κ1) is 20.8. The van der Waals surface area contributed by atoms with E-state index in [1.165, 1.54) is 11.3 Å². The monoisotopic (exact) mass is 452 g/mol. The molecule has 1 aromatic heterocycles. The van der Waals surface area contributed by atoms with Crippen LogP contribution in [0.2, 0.25) is 0 Å². The minimum absolute atomic E-state index is 0.0128. The zero-order chi connectivity index (χ0) is 22.9. The summed E-state index contributed by atoms with van der Waals surface area (Å²) in [4.78, 5) is 22.3. The van der Waals surface area contributed by atoms with Gasteiger partial charge in [-0.05, 0) is 54.7 Å². The Morgan fingerprint density at radius 3 is 2.59 bits per heavy atom. The topological polar surface area (TPSA) is 61.6 Å². The fraction of sp³-hybridized carbons (Fsp3) is 0.286. The normalized spacial score (nSPS) is 16.1. The number of hydrogen-bond donors (Lipinski definition) is 1. The molecule has 0 saturated carbocycles. The molecule has 6 nitrogen and oxygen atoms in total. The molecule has 2 aliphatic heterocycles. The highest BCUT2D eigenvalue weighted by Gasteiger charge is 2.28. The van der Waals surface area contributed by atoms with Crippen LogP contribution in [-0.2, 0) is 17.8 Å². The van der Waals surface area contributed by atoms with E-state index in [1.807, 2.05) is 42.5 Å². The van der Waals surface area contributed by atoms with Gasteiger partial charge in [-0.1, -0.05) is 48.5 Å². The number of fused-ring (bicyclic) bond motifs is 2. The van der Waals surface area contributed by atoms with Crippen molar-refractivity contribution in [2.45, 2.75) is 25.8 Å². The van der Waals surface area contributed by atoms with E-state index in [0.29, 0.717) is 6.01 Å². The maximum atomic E-state index is 13.2. The lowest BCUT2D eigenvalue weighted by atomic mass is 9.96. The van der Waals surface area contributed by atoms with Crippen LogP contribution in [0.15, 0.2) is 77.2 Å². The van der Waals surface area contributed by atoms with Crippen molar-refractivity contribution in [3.63, 3.8) is 0 Å². The first-order chi connectivity index (χ1) is 16.7. The lowest BCUT2D eigenvalue weighted by Gasteiger charge is -2.30. The van der Waals surface area contributed by atoms with Crippen molar-refractivity contribution < 1.29 is 9.21 Å². The minimum Gasteiger partial charge on any atom is -0.423 e. The number of nitrogens with one attached hydrogen (secondary N) is 1. The van der Waals surface area contributed by atoms with Crippen molar-refractivity contribution in [2.75, 3.05) is 34.8 Å².